The van der Waals surface area contributed by atoms with Gasteiger partial charge in [0.15, 0.2) is 0 Å². The SMILES string of the molecule is C=O.C=O.C=O.C=O.C=O.C=O.C=O.[V]. The van der Waals surface area contributed by atoms with Crippen molar-refractivity contribution in [2.24, 2.45) is 0 Å². The fourth-order valence-corrected chi connectivity index (χ4v) is 0. The van der Waals surface area contributed by atoms with Crippen molar-refractivity contribution in [3.8, 4) is 0 Å². The third-order valence-corrected chi connectivity index (χ3v) is 0. The molecule has 0 heterocycles. The van der Waals surface area contributed by atoms with E-state index < -0.39 is 0 Å². The molecule has 0 rings (SSSR count). The van der Waals surface area contributed by atoms with Gasteiger partial charge in [-0.2, -0.15) is 0 Å². The molecular formula is C7H14O7V. The number of rotatable bonds is 0. The second-order valence-electron chi connectivity index (χ2n) is 0. The van der Waals surface area contributed by atoms with Crippen LogP contribution in [0.2, 0.25) is 0 Å². The van der Waals surface area contributed by atoms with E-state index in [4.69, 9.17) is 33.6 Å². The van der Waals surface area contributed by atoms with Crippen LogP contribution in [-0.4, -0.2) is 47.5 Å². The molecule has 0 saturated heterocycles. The summed E-state index contributed by atoms with van der Waals surface area (Å²) in [5, 5.41) is 0. The van der Waals surface area contributed by atoms with E-state index in [1.165, 1.54) is 0 Å². The van der Waals surface area contributed by atoms with Crippen LogP contribution >= 0.6 is 0 Å². The minimum Gasteiger partial charge on any atom is -0.307 e. The maximum Gasteiger partial charge on any atom is 0.106 e. The van der Waals surface area contributed by atoms with Crippen molar-refractivity contribution in [3.05, 3.63) is 0 Å². The van der Waals surface area contributed by atoms with Crippen LogP contribution < -0.4 is 0 Å². The molecule has 0 spiro atoms. The van der Waals surface area contributed by atoms with Crippen molar-refractivity contribution >= 4 is 47.5 Å². The Morgan fingerprint density at radius 1 is 0.267 bits per heavy atom. The molecule has 0 aliphatic heterocycles. The number of hydrogen-bond donors (Lipinski definition) is 0. The van der Waals surface area contributed by atoms with Gasteiger partial charge in [-0.15, -0.1) is 0 Å². The third-order valence-electron chi connectivity index (χ3n) is 0. The van der Waals surface area contributed by atoms with Crippen molar-refractivity contribution in [3.63, 3.8) is 0 Å². The normalized spacial score (nSPS) is 1.87. The van der Waals surface area contributed by atoms with Crippen LogP contribution in [0.3, 0.4) is 0 Å². The van der Waals surface area contributed by atoms with Gasteiger partial charge in [-0.25, -0.2) is 0 Å². The standard InChI is InChI=1S/7CH2O.V/c7*1-2;/h7*1H2;. The van der Waals surface area contributed by atoms with E-state index in [0.29, 0.717) is 0 Å². The first-order valence-corrected chi connectivity index (χ1v) is 2.02. The molecule has 0 aromatic rings. The first-order valence-electron chi connectivity index (χ1n) is 2.02. The monoisotopic (exact) mass is 261 g/mol. The van der Waals surface area contributed by atoms with Crippen molar-refractivity contribution in [2.75, 3.05) is 0 Å². The molecule has 7 nitrogen and oxygen atoms in total. The molecular weight excluding hydrogens is 247 g/mol. The smallest absolute Gasteiger partial charge is 0.106 e. The Labute approximate surface area is 100 Å². The molecule has 0 atom stereocenters. The summed E-state index contributed by atoms with van der Waals surface area (Å²) < 4.78 is 0. The van der Waals surface area contributed by atoms with Gasteiger partial charge >= 0.3 is 0 Å². The van der Waals surface area contributed by atoms with Gasteiger partial charge in [-0.1, -0.05) is 0 Å². The molecule has 0 aliphatic rings. The molecule has 0 aromatic heterocycles. The Kier molecular flexibility index (Phi) is 2510. The first kappa shape index (κ1) is 71.9. The Balaban J connectivity index is -0.00000000628. The third kappa shape index (κ3) is 435. The predicted octanol–water partition coefficient (Wildman–Crippen LogP) is -1.30. The van der Waals surface area contributed by atoms with Crippen LogP contribution in [0, 0.1) is 0 Å². The predicted molar refractivity (Wildman–Crippen MR) is 49.8 cm³/mol. The minimum atomic E-state index is 0. The summed E-state index contributed by atoms with van der Waals surface area (Å²) in [4.78, 5) is 56.0. The van der Waals surface area contributed by atoms with Gasteiger partial charge in [-0.05, 0) is 0 Å². The fourth-order valence-electron chi connectivity index (χ4n) is 0. The molecule has 0 fully saturated rings. The summed E-state index contributed by atoms with van der Waals surface area (Å²) >= 11 is 0. The molecule has 1 radical (unpaired) electrons. The maximum atomic E-state index is 8.00. The fraction of sp³-hybridized carbons (Fsp3) is 0. The summed E-state index contributed by atoms with van der Waals surface area (Å²) in [5.41, 5.74) is 0. The first-order chi connectivity index (χ1) is 7.00. The molecule has 0 saturated carbocycles. The van der Waals surface area contributed by atoms with Gasteiger partial charge in [0, 0.05) is 18.6 Å². The Hall–Kier alpha value is -1.73. The topological polar surface area (TPSA) is 119 Å². The maximum absolute atomic E-state index is 8.00. The van der Waals surface area contributed by atoms with Crippen LogP contribution in [0.5, 0.6) is 0 Å². The second-order valence-corrected chi connectivity index (χ2v) is 0. The Morgan fingerprint density at radius 3 is 0.267 bits per heavy atom. The molecule has 0 N–H and O–H groups in total. The zero-order valence-electron chi connectivity index (χ0n) is 8.25. The average Bonchev–Trinajstić information content (AvgIpc) is 2.45. The second kappa shape index (κ2) is 524. The van der Waals surface area contributed by atoms with E-state index in [2.05, 4.69) is 0 Å². The van der Waals surface area contributed by atoms with Gasteiger partial charge in [0.25, 0.3) is 0 Å². The summed E-state index contributed by atoms with van der Waals surface area (Å²) in [5.74, 6) is 0. The van der Waals surface area contributed by atoms with Crippen LogP contribution in [0.15, 0.2) is 0 Å². The van der Waals surface area contributed by atoms with E-state index in [1.807, 2.05) is 47.5 Å². The van der Waals surface area contributed by atoms with Gasteiger partial charge in [-0.3, -0.25) is 0 Å². The molecule has 0 bridgehead atoms. The van der Waals surface area contributed by atoms with Crippen molar-refractivity contribution in [1.82, 2.24) is 0 Å². The zero-order valence-corrected chi connectivity index (χ0v) is 9.65. The van der Waals surface area contributed by atoms with Gasteiger partial charge in [0.05, 0.1) is 0 Å². The summed E-state index contributed by atoms with van der Waals surface area (Å²) in [6.45, 7) is 14.0. The summed E-state index contributed by atoms with van der Waals surface area (Å²) in [6, 6.07) is 0. The molecule has 0 unspecified atom stereocenters. The zero-order chi connectivity index (χ0) is 14.0. The molecule has 0 aromatic carbocycles. The van der Waals surface area contributed by atoms with Gasteiger partial charge in [0.1, 0.15) is 47.5 Å². The van der Waals surface area contributed by atoms with Crippen LogP contribution in [0.4, 0.5) is 0 Å². The van der Waals surface area contributed by atoms with E-state index in [0.717, 1.165) is 0 Å². The van der Waals surface area contributed by atoms with E-state index in [-0.39, 0.29) is 18.6 Å². The number of carbonyl (C=O) groups is 7. The average molecular weight is 261 g/mol. The van der Waals surface area contributed by atoms with Crippen LogP contribution in [0.1, 0.15) is 0 Å². The van der Waals surface area contributed by atoms with E-state index >= 15 is 0 Å². The number of hydrogen-bond acceptors (Lipinski definition) is 7. The van der Waals surface area contributed by atoms with Gasteiger partial charge in [0.2, 0.25) is 0 Å². The van der Waals surface area contributed by atoms with Gasteiger partial charge < -0.3 is 33.6 Å². The van der Waals surface area contributed by atoms with Crippen LogP contribution in [0.25, 0.3) is 0 Å². The summed E-state index contributed by atoms with van der Waals surface area (Å²) in [7, 11) is 0. The van der Waals surface area contributed by atoms with E-state index in [9.17, 15) is 0 Å². The van der Waals surface area contributed by atoms with Crippen molar-refractivity contribution in [1.29, 1.82) is 0 Å². The molecule has 89 valence electrons. The molecule has 8 heteroatoms. The molecule has 0 amide bonds. The Bertz CT molecular complexity index is 39.0. The summed E-state index contributed by atoms with van der Waals surface area (Å²) in [6.07, 6.45) is 0. The minimum absolute atomic E-state index is 0. The molecule has 0 aliphatic carbocycles. The molecule has 15 heavy (non-hydrogen) atoms. The Morgan fingerprint density at radius 2 is 0.267 bits per heavy atom. The van der Waals surface area contributed by atoms with Crippen LogP contribution in [-0.2, 0) is 52.1 Å². The van der Waals surface area contributed by atoms with Crippen molar-refractivity contribution in [2.45, 2.75) is 0 Å². The number of carbonyl (C=O) groups excluding carboxylic acids is 7. The van der Waals surface area contributed by atoms with E-state index in [1.54, 1.807) is 0 Å². The van der Waals surface area contributed by atoms with Crippen molar-refractivity contribution < 1.29 is 52.1 Å². The quantitative estimate of drug-likeness (QED) is 0.531. The largest absolute Gasteiger partial charge is 0.307 e.